The highest BCUT2D eigenvalue weighted by Gasteiger charge is 2.25. The van der Waals surface area contributed by atoms with Crippen LogP contribution in [-0.2, 0) is 4.74 Å². The maximum atomic E-state index is 14.3. The predicted molar refractivity (Wildman–Crippen MR) is 119 cm³/mol. The number of carbonyl (C=O) groups excluding carboxylic acids is 1. The van der Waals surface area contributed by atoms with Crippen molar-refractivity contribution in [2.75, 3.05) is 51.4 Å². The number of hydrogen-bond donors (Lipinski definition) is 0. The van der Waals surface area contributed by atoms with E-state index in [9.17, 15) is 13.6 Å². The summed E-state index contributed by atoms with van der Waals surface area (Å²) < 4.78 is 39.2. The maximum Gasteiger partial charge on any atom is 0.263 e. The molecule has 0 bridgehead atoms. The number of ether oxygens (including phenoxy) is 2. The Balaban J connectivity index is 0.00000272. The number of methoxy groups -OCH3 is 1. The number of anilines is 1. The van der Waals surface area contributed by atoms with Gasteiger partial charge < -0.3 is 9.47 Å². The Morgan fingerprint density at radius 1 is 1.23 bits per heavy atom. The molecule has 1 aliphatic heterocycles. The first kappa shape index (κ1) is 23.3. The van der Waals surface area contributed by atoms with E-state index in [1.165, 1.54) is 22.3 Å². The number of carbonyl (C=O) groups is 1. The minimum atomic E-state index is -0.890. The van der Waals surface area contributed by atoms with Crippen molar-refractivity contribution < 1.29 is 23.0 Å². The van der Waals surface area contributed by atoms with Gasteiger partial charge in [0.15, 0.2) is 5.13 Å². The summed E-state index contributed by atoms with van der Waals surface area (Å²) >= 11 is 1.34. The normalized spacial score (nSPS) is 14.3. The van der Waals surface area contributed by atoms with Crippen molar-refractivity contribution in [3.05, 3.63) is 53.6 Å². The van der Waals surface area contributed by atoms with E-state index < -0.39 is 17.5 Å². The number of aromatic nitrogens is 1. The fraction of sp³-hybridized carbons (Fsp3) is 0.333. The molecule has 1 aromatic heterocycles. The third-order valence-corrected chi connectivity index (χ3v) is 6.02. The fourth-order valence-electron chi connectivity index (χ4n) is 3.30. The molecule has 0 saturated carbocycles. The highest BCUT2D eigenvalue weighted by atomic mass is 35.5. The lowest BCUT2D eigenvalue weighted by Gasteiger charge is -2.29. The summed E-state index contributed by atoms with van der Waals surface area (Å²) in [6.07, 6.45) is 0. The Bertz CT molecular complexity index is 1060. The number of hydrogen-bond acceptors (Lipinski definition) is 6. The van der Waals surface area contributed by atoms with Gasteiger partial charge in [-0.15, -0.1) is 12.4 Å². The van der Waals surface area contributed by atoms with E-state index in [2.05, 4.69) is 9.88 Å². The van der Waals surface area contributed by atoms with Crippen LogP contribution < -0.4 is 9.64 Å². The molecule has 0 aliphatic carbocycles. The molecule has 1 saturated heterocycles. The molecule has 1 amide bonds. The number of rotatable bonds is 6. The molecule has 0 atom stereocenters. The second-order valence-corrected chi connectivity index (χ2v) is 7.87. The standard InChI is InChI=1S/C21H21F2N3O3S.ClH/c1-28-15-3-5-19-18(13-15)24-21(30-19)26(7-6-25-8-10-29-11-9-25)20(27)16-4-2-14(22)12-17(16)23;/h2-5,12-13H,6-11H2,1H3;1H. The number of thiazole rings is 1. The van der Waals surface area contributed by atoms with E-state index >= 15 is 0 Å². The largest absolute Gasteiger partial charge is 0.497 e. The first-order chi connectivity index (χ1) is 14.5. The minimum absolute atomic E-state index is 0. The zero-order valence-electron chi connectivity index (χ0n) is 16.8. The zero-order chi connectivity index (χ0) is 21.1. The maximum absolute atomic E-state index is 14.3. The fourth-order valence-corrected chi connectivity index (χ4v) is 4.27. The first-order valence-electron chi connectivity index (χ1n) is 9.57. The van der Waals surface area contributed by atoms with Crippen molar-refractivity contribution in [1.29, 1.82) is 0 Å². The lowest BCUT2D eigenvalue weighted by Crippen LogP contribution is -2.43. The van der Waals surface area contributed by atoms with Crippen LogP contribution >= 0.6 is 23.7 Å². The van der Waals surface area contributed by atoms with Crippen LogP contribution in [0.5, 0.6) is 5.75 Å². The van der Waals surface area contributed by atoms with Crippen molar-refractivity contribution >= 4 is 45.0 Å². The molecule has 3 aromatic rings. The van der Waals surface area contributed by atoms with Crippen LogP contribution in [0.15, 0.2) is 36.4 Å². The van der Waals surface area contributed by atoms with Crippen molar-refractivity contribution in [3.8, 4) is 5.75 Å². The van der Waals surface area contributed by atoms with Crippen molar-refractivity contribution in [2.45, 2.75) is 0 Å². The second-order valence-electron chi connectivity index (χ2n) is 6.87. The average molecular weight is 470 g/mol. The van der Waals surface area contributed by atoms with Crippen LogP contribution in [0, 0.1) is 11.6 Å². The van der Waals surface area contributed by atoms with Gasteiger partial charge in [0.1, 0.15) is 17.4 Å². The molecule has 2 heterocycles. The SMILES string of the molecule is COc1ccc2sc(N(CCN3CCOCC3)C(=O)c3ccc(F)cc3F)nc2c1.Cl. The summed E-state index contributed by atoms with van der Waals surface area (Å²) in [5, 5.41) is 0.459. The highest BCUT2D eigenvalue weighted by molar-refractivity contribution is 7.22. The molecular weight excluding hydrogens is 448 g/mol. The molecule has 166 valence electrons. The molecule has 10 heteroatoms. The lowest BCUT2D eigenvalue weighted by atomic mass is 10.2. The van der Waals surface area contributed by atoms with Gasteiger partial charge in [-0.25, -0.2) is 13.8 Å². The zero-order valence-corrected chi connectivity index (χ0v) is 18.5. The van der Waals surface area contributed by atoms with Gasteiger partial charge >= 0.3 is 0 Å². The molecule has 4 rings (SSSR count). The van der Waals surface area contributed by atoms with Gasteiger partial charge in [-0.05, 0) is 24.3 Å². The number of halogens is 3. The van der Waals surface area contributed by atoms with Gasteiger partial charge in [0, 0.05) is 38.3 Å². The molecule has 2 aromatic carbocycles. The van der Waals surface area contributed by atoms with E-state index in [1.807, 2.05) is 12.1 Å². The van der Waals surface area contributed by atoms with Gasteiger partial charge in [-0.3, -0.25) is 14.6 Å². The lowest BCUT2D eigenvalue weighted by molar-refractivity contribution is 0.0391. The smallest absolute Gasteiger partial charge is 0.263 e. The molecule has 1 aliphatic rings. The summed E-state index contributed by atoms with van der Waals surface area (Å²) in [6.45, 7) is 3.74. The quantitative estimate of drug-likeness (QED) is 0.546. The molecule has 0 N–H and O–H groups in total. The van der Waals surface area contributed by atoms with Crippen LogP contribution in [0.3, 0.4) is 0 Å². The summed E-state index contributed by atoms with van der Waals surface area (Å²) in [7, 11) is 1.57. The number of nitrogens with zero attached hydrogens (tertiary/aromatic N) is 3. The Hall–Kier alpha value is -2.33. The van der Waals surface area contributed by atoms with Crippen LogP contribution in [0.25, 0.3) is 10.2 Å². The Morgan fingerprint density at radius 3 is 2.71 bits per heavy atom. The van der Waals surface area contributed by atoms with Gasteiger partial charge in [0.2, 0.25) is 0 Å². The van der Waals surface area contributed by atoms with E-state index in [1.54, 1.807) is 13.2 Å². The average Bonchev–Trinajstić information content (AvgIpc) is 3.17. The van der Waals surface area contributed by atoms with Gasteiger partial charge in [-0.1, -0.05) is 11.3 Å². The monoisotopic (exact) mass is 469 g/mol. The van der Waals surface area contributed by atoms with E-state index in [0.717, 1.165) is 29.9 Å². The molecule has 0 spiro atoms. The number of morpholine rings is 1. The number of amides is 1. The number of benzene rings is 2. The van der Waals surface area contributed by atoms with Gasteiger partial charge in [0.25, 0.3) is 5.91 Å². The Kier molecular flexibility index (Phi) is 7.77. The Morgan fingerprint density at radius 2 is 2.00 bits per heavy atom. The molecular formula is C21H22ClF2N3O3S. The molecule has 0 radical (unpaired) electrons. The summed E-state index contributed by atoms with van der Waals surface area (Å²) in [5.74, 6) is -1.50. The summed E-state index contributed by atoms with van der Waals surface area (Å²) in [6, 6.07) is 8.46. The van der Waals surface area contributed by atoms with E-state index in [4.69, 9.17) is 9.47 Å². The Labute approximate surface area is 188 Å². The van der Waals surface area contributed by atoms with Gasteiger partial charge in [-0.2, -0.15) is 0 Å². The van der Waals surface area contributed by atoms with E-state index in [0.29, 0.717) is 42.7 Å². The third kappa shape index (κ3) is 5.30. The molecule has 1 fully saturated rings. The van der Waals surface area contributed by atoms with Crippen molar-refractivity contribution in [3.63, 3.8) is 0 Å². The summed E-state index contributed by atoms with van der Waals surface area (Å²) in [5.41, 5.74) is 0.508. The van der Waals surface area contributed by atoms with Crippen LogP contribution in [0.1, 0.15) is 10.4 Å². The van der Waals surface area contributed by atoms with Crippen LogP contribution in [-0.4, -0.2) is 62.3 Å². The molecule has 31 heavy (non-hydrogen) atoms. The third-order valence-electron chi connectivity index (χ3n) is 4.96. The highest BCUT2D eigenvalue weighted by Crippen LogP contribution is 2.32. The topological polar surface area (TPSA) is 54.9 Å². The van der Waals surface area contributed by atoms with Crippen molar-refractivity contribution in [1.82, 2.24) is 9.88 Å². The minimum Gasteiger partial charge on any atom is -0.497 e. The second kappa shape index (κ2) is 10.3. The van der Waals surface area contributed by atoms with Crippen LogP contribution in [0.2, 0.25) is 0 Å². The predicted octanol–water partition coefficient (Wildman–Crippen LogP) is 3.98. The van der Waals surface area contributed by atoms with Crippen molar-refractivity contribution in [2.24, 2.45) is 0 Å². The molecule has 0 unspecified atom stereocenters. The molecule has 6 nitrogen and oxygen atoms in total. The van der Waals surface area contributed by atoms with Gasteiger partial charge in [0.05, 0.1) is 36.1 Å². The summed E-state index contributed by atoms with van der Waals surface area (Å²) in [4.78, 5) is 21.4. The van der Waals surface area contributed by atoms with Crippen LogP contribution in [0.4, 0.5) is 13.9 Å². The first-order valence-corrected chi connectivity index (χ1v) is 10.4. The number of fused-ring (bicyclic) bond motifs is 1. The van der Waals surface area contributed by atoms with E-state index in [-0.39, 0.29) is 18.0 Å².